The van der Waals surface area contributed by atoms with Gasteiger partial charge in [0, 0.05) is 22.1 Å². The van der Waals surface area contributed by atoms with Crippen LogP contribution in [0, 0.1) is 0 Å². The zero-order chi connectivity index (χ0) is 42.1. The Labute approximate surface area is 370 Å². The van der Waals surface area contributed by atoms with E-state index in [1.807, 2.05) is 0 Å². The summed E-state index contributed by atoms with van der Waals surface area (Å²) < 4.78 is 6.85. The standard InChI is InChI=1S/C62H39NO/c1-3-11-43-33-46(19-17-40(43)9-1)50-24-23-48-35-45(21-22-49(48)36-50)42-27-30-55(31-28-42)63(59-39-54-13-5-6-14-57(54)61-58-15-7-8-16-60(58)64-62(59)61)56-32-29-52-37-51(25-26-53(52)38-56)47-20-18-41-10-2-4-12-44(41)34-47/h1-39H. The first-order valence-corrected chi connectivity index (χ1v) is 22.0. The van der Waals surface area contributed by atoms with Gasteiger partial charge in [0.05, 0.1) is 5.69 Å². The molecule has 1 aromatic heterocycles. The van der Waals surface area contributed by atoms with Crippen molar-refractivity contribution in [2.24, 2.45) is 0 Å². The highest BCUT2D eigenvalue weighted by molar-refractivity contribution is 6.23. The molecule has 0 atom stereocenters. The van der Waals surface area contributed by atoms with Crippen LogP contribution in [0.2, 0.25) is 0 Å². The fourth-order valence-corrected chi connectivity index (χ4v) is 9.85. The monoisotopic (exact) mass is 813 g/mol. The minimum Gasteiger partial charge on any atom is -0.454 e. The lowest BCUT2D eigenvalue weighted by atomic mass is 9.96. The summed E-state index contributed by atoms with van der Waals surface area (Å²) >= 11 is 0. The van der Waals surface area contributed by atoms with Crippen molar-refractivity contribution in [1.82, 2.24) is 0 Å². The second-order valence-electron chi connectivity index (χ2n) is 16.9. The topological polar surface area (TPSA) is 16.4 Å². The van der Waals surface area contributed by atoms with Crippen molar-refractivity contribution in [2.75, 3.05) is 4.90 Å². The molecule has 64 heavy (non-hydrogen) atoms. The van der Waals surface area contributed by atoms with Crippen LogP contribution in [0.3, 0.4) is 0 Å². The van der Waals surface area contributed by atoms with Crippen molar-refractivity contribution in [1.29, 1.82) is 0 Å². The number of benzene rings is 12. The third kappa shape index (κ3) is 6.11. The van der Waals surface area contributed by atoms with Crippen LogP contribution < -0.4 is 4.90 Å². The van der Waals surface area contributed by atoms with Crippen molar-refractivity contribution < 1.29 is 4.42 Å². The van der Waals surface area contributed by atoms with E-state index in [2.05, 4.69) is 241 Å². The second-order valence-corrected chi connectivity index (χ2v) is 16.9. The van der Waals surface area contributed by atoms with Gasteiger partial charge in [0.1, 0.15) is 5.58 Å². The third-order valence-corrected chi connectivity index (χ3v) is 13.1. The van der Waals surface area contributed by atoms with Gasteiger partial charge >= 0.3 is 0 Å². The largest absolute Gasteiger partial charge is 0.454 e. The maximum absolute atomic E-state index is 6.85. The van der Waals surface area contributed by atoms with Gasteiger partial charge in [-0.05, 0) is 154 Å². The molecular weight excluding hydrogens is 775 g/mol. The van der Waals surface area contributed by atoms with E-state index in [1.54, 1.807) is 0 Å². The summed E-state index contributed by atoms with van der Waals surface area (Å²) in [6, 6.07) is 86.1. The summed E-state index contributed by atoms with van der Waals surface area (Å²) in [5.74, 6) is 0. The molecule has 13 aromatic rings. The van der Waals surface area contributed by atoms with E-state index in [9.17, 15) is 0 Å². The summed E-state index contributed by atoms with van der Waals surface area (Å²) in [6.07, 6.45) is 0. The Morgan fingerprint density at radius 2 is 0.656 bits per heavy atom. The molecule has 12 aromatic carbocycles. The number of anilines is 3. The number of hydrogen-bond acceptors (Lipinski definition) is 2. The fraction of sp³-hybridized carbons (Fsp3) is 0. The lowest BCUT2D eigenvalue weighted by molar-refractivity contribution is 0.669. The molecule has 0 aliphatic carbocycles. The van der Waals surface area contributed by atoms with E-state index in [-0.39, 0.29) is 0 Å². The molecule has 298 valence electrons. The van der Waals surface area contributed by atoms with Crippen LogP contribution in [0.15, 0.2) is 241 Å². The molecule has 0 N–H and O–H groups in total. The van der Waals surface area contributed by atoms with Crippen molar-refractivity contribution in [3.05, 3.63) is 237 Å². The SMILES string of the molecule is c1ccc2cc(-c3ccc4cc(-c5ccc(N(c6ccc7cc(-c8ccc9ccccc9c8)ccc7c6)c6cc7ccccc7c7c6oc6ccccc67)cc5)ccc4c3)ccc2c1. The first-order chi connectivity index (χ1) is 31.7. The van der Waals surface area contributed by atoms with Gasteiger partial charge in [0.25, 0.3) is 0 Å². The number of hydrogen-bond donors (Lipinski definition) is 0. The molecule has 13 rings (SSSR count). The van der Waals surface area contributed by atoms with Crippen molar-refractivity contribution >= 4 is 92.9 Å². The number of para-hydroxylation sites is 1. The van der Waals surface area contributed by atoms with Gasteiger partial charge in [-0.15, -0.1) is 0 Å². The smallest absolute Gasteiger partial charge is 0.160 e. The number of rotatable bonds is 6. The van der Waals surface area contributed by atoms with Gasteiger partial charge in [-0.25, -0.2) is 0 Å². The molecule has 0 unspecified atom stereocenters. The van der Waals surface area contributed by atoms with Gasteiger partial charge in [-0.2, -0.15) is 0 Å². The summed E-state index contributed by atoms with van der Waals surface area (Å²) in [5, 5.41) is 14.4. The van der Waals surface area contributed by atoms with E-state index >= 15 is 0 Å². The molecular formula is C62H39NO. The van der Waals surface area contributed by atoms with Crippen molar-refractivity contribution in [3.63, 3.8) is 0 Å². The van der Waals surface area contributed by atoms with E-state index < -0.39 is 0 Å². The summed E-state index contributed by atoms with van der Waals surface area (Å²) in [7, 11) is 0. The minimum absolute atomic E-state index is 0.869. The van der Waals surface area contributed by atoms with Gasteiger partial charge in [-0.3, -0.25) is 0 Å². The number of fused-ring (bicyclic) bond motifs is 9. The molecule has 0 bridgehead atoms. The molecule has 2 nitrogen and oxygen atoms in total. The predicted molar refractivity (Wildman–Crippen MR) is 272 cm³/mol. The van der Waals surface area contributed by atoms with Crippen molar-refractivity contribution in [3.8, 4) is 33.4 Å². The zero-order valence-electron chi connectivity index (χ0n) is 34.9. The van der Waals surface area contributed by atoms with Crippen LogP contribution in [0.25, 0.3) is 109 Å². The Hall–Kier alpha value is -8.46. The Balaban J connectivity index is 0.917. The average Bonchev–Trinajstić information content (AvgIpc) is 3.76. The Bertz CT molecular complexity index is 3970. The zero-order valence-corrected chi connectivity index (χ0v) is 34.9. The fourth-order valence-electron chi connectivity index (χ4n) is 9.85. The average molecular weight is 814 g/mol. The van der Waals surface area contributed by atoms with Gasteiger partial charge in [-0.1, -0.05) is 170 Å². The highest BCUT2D eigenvalue weighted by Crippen LogP contribution is 2.46. The summed E-state index contributed by atoms with van der Waals surface area (Å²) in [4.78, 5) is 2.37. The maximum atomic E-state index is 6.85. The molecule has 0 aliphatic rings. The normalized spacial score (nSPS) is 11.8. The molecule has 0 saturated heterocycles. The lowest BCUT2D eigenvalue weighted by Gasteiger charge is -2.27. The van der Waals surface area contributed by atoms with Crippen LogP contribution >= 0.6 is 0 Å². The Kier molecular flexibility index (Phi) is 8.25. The van der Waals surface area contributed by atoms with Crippen molar-refractivity contribution in [2.45, 2.75) is 0 Å². The quantitative estimate of drug-likeness (QED) is 0.166. The van der Waals surface area contributed by atoms with Crippen LogP contribution in [0.5, 0.6) is 0 Å². The summed E-state index contributed by atoms with van der Waals surface area (Å²) in [5.41, 5.74) is 12.1. The molecule has 0 aliphatic heterocycles. The summed E-state index contributed by atoms with van der Waals surface area (Å²) in [6.45, 7) is 0. The molecule has 0 saturated carbocycles. The highest BCUT2D eigenvalue weighted by atomic mass is 16.3. The van der Waals surface area contributed by atoms with Crippen LogP contribution in [0.4, 0.5) is 17.1 Å². The van der Waals surface area contributed by atoms with Gasteiger partial charge in [0.2, 0.25) is 0 Å². The van der Waals surface area contributed by atoms with E-state index in [0.29, 0.717) is 0 Å². The van der Waals surface area contributed by atoms with Gasteiger partial charge in [0.15, 0.2) is 5.58 Å². The minimum atomic E-state index is 0.869. The molecule has 0 fully saturated rings. The molecule has 0 radical (unpaired) electrons. The first kappa shape index (κ1) is 36.2. The van der Waals surface area contributed by atoms with Crippen LogP contribution in [0.1, 0.15) is 0 Å². The maximum Gasteiger partial charge on any atom is 0.160 e. The first-order valence-electron chi connectivity index (χ1n) is 22.0. The Morgan fingerprint density at radius 3 is 1.23 bits per heavy atom. The van der Waals surface area contributed by atoms with E-state index in [0.717, 1.165) is 44.6 Å². The van der Waals surface area contributed by atoms with E-state index in [4.69, 9.17) is 4.42 Å². The third-order valence-electron chi connectivity index (χ3n) is 13.1. The lowest BCUT2D eigenvalue weighted by Crippen LogP contribution is -2.10. The van der Waals surface area contributed by atoms with Crippen LogP contribution in [-0.4, -0.2) is 0 Å². The molecule has 0 spiro atoms. The molecule has 1 heterocycles. The second kappa shape index (κ2) is 14.6. The van der Waals surface area contributed by atoms with Gasteiger partial charge < -0.3 is 9.32 Å². The number of nitrogens with zero attached hydrogens (tertiary/aromatic N) is 1. The molecule has 0 amide bonds. The number of furan rings is 1. The predicted octanol–water partition coefficient (Wildman–Crippen LogP) is 17.8. The van der Waals surface area contributed by atoms with E-state index in [1.165, 1.54) is 81.7 Å². The highest BCUT2D eigenvalue weighted by Gasteiger charge is 2.22. The molecule has 2 heteroatoms. The Morgan fingerprint density at radius 1 is 0.266 bits per heavy atom. The van der Waals surface area contributed by atoms with Crippen LogP contribution in [-0.2, 0) is 0 Å².